The van der Waals surface area contributed by atoms with Crippen LogP contribution in [0, 0.1) is 13.8 Å². The number of carbonyl (C=O) groups is 1. The van der Waals surface area contributed by atoms with Gasteiger partial charge in [0.25, 0.3) is 0 Å². The van der Waals surface area contributed by atoms with Gasteiger partial charge in [-0.05, 0) is 61.2 Å². The van der Waals surface area contributed by atoms with Crippen LogP contribution in [0.4, 0.5) is 5.69 Å². The van der Waals surface area contributed by atoms with Crippen LogP contribution < -0.4 is 5.32 Å². The van der Waals surface area contributed by atoms with E-state index in [0.717, 1.165) is 18.7 Å². The van der Waals surface area contributed by atoms with Crippen molar-refractivity contribution in [2.75, 3.05) is 25.5 Å². The molecule has 23 heavy (non-hydrogen) atoms. The number of nitrogens with zero attached hydrogens (tertiary/aromatic N) is 2. The van der Waals surface area contributed by atoms with E-state index in [1.807, 2.05) is 19.2 Å². The van der Waals surface area contributed by atoms with Gasteiger partial charge in [-0.2, -0.15) is 0 Å². The molecular formula is C19H25N3O. The molecule has 1 aromatic carbocycles. The summed E-state index contributed by atoms with van der Waals surface area (Å²) in [5, 5.41) is 3.33. The fourth-order valence-corrected chi connectivity index (χ4v) is 2.55. The number of aromatic nitrogens is 1. The largest absolute Gasteiger partial charge is 0.385 e. The third-order valence-corrected chi connectivity index (χ3v) is 3.80. The van der Waals surface area contributed by atoms with Crippen molar-refractivity contribution in [2.45, 2.75) is 26.7 Å². The van der Waals surface area contributed by atoms with Gasteiger partial charge in [0.1, 0.15) is 0 Å². The summed E-state index contributed by atoms with van der Waals surface area (Å²) in [6, 6.07) is 10.3. The van der Waals surface area contributed by atoms with Gasteiger partial charge in [-0.3, -0.25) is 9.78 Å². The highest BCUT2D eigenvalue weighted by atomic mass is 16.2. The van der Waals surface area contributed by atoms with Crippen LogP contribution in [0.15, 0.2) is 42.7 Å². The Morgan fingerprint density at radius 1 is 1.13 bits per heavy atom. The van der Waals surface area contributed by atoms with Gasteiger partial charge in [0.15, 0.2) is 0 Å². The van der Waals surface area contributed by atoms with Crippen molar-refractivity contribution in [2.24, 2.45) is 0 Å². The van der Waals surface area contributed by atoms with Gasteiger partial charge < -0.3 is 10.2 Å². The molecule has 1 N–H and O–H groups in total. The van der Waals surface area contributed by atoms with Crippen molar-refractivity contribution < 1.29 is 4.79 Å². The first-order valence-electron chi connectivity index (χ1n) is 7.99. The Kier molecular flexibility index (Phi) is 6.15. The maximum Gasteiger partial charge on any atom is 0.224 e. The highest BCUT2D eigenvalue weighted by molar-refractivity contribution is 5.76. The molecule has 1 amide bonds. The lowest BCUT2D eigenvalue weighted by atomic mass is 10.1. The smallest absolute Gasteiger partial charge is 0.224 e. The molecule has 0 unspecified atom stereocenters. The predicted molar refractivity (Wildman–Crippen MR) is 94.6 cm³/mol. The molecule has 0 spiro atoms. The van der Waals surface area contributed by atoms with Gasteiger partial charge in [-0.15, -0.1) is 0 Å². The number of nitrogens with one attached hydrogen (secondary N) is 1. The average molecular weight is 311 g/mol. The molecule has 0 fully saturated rings. The maximum atomic E-state index is 12.2. The van der Waals surface area contributed by atoms with Crippen molar-refractivity contribution in [3.8, 4) is 0 Å². The molecule has 1 heterocycles. The standard InChI is InChI=1S/C19H25N3O/c1-15-12-16(2)14-18(13-15)21-10-6-19(23)22(3)11-7-17-4-8-20-9-5-17/h4-5,8-9,12-14,21H,6-7,10-11H2,1-3H3. The number of hydrogen-bond donors (Lipinski definition) is 1. The van der Waals surface area contributed by atoms with Crippen LogP contribution in [0.25, 0.3) is 0 Å². The van der Waals surface area contributed by atoms with Gasteiger partial charge in [0, 0.05) is 44.6 Å². The highest BCUT2D eigenvalue weighted by Crippen LogP contribution is 2.13. The summed E-state index contributed by atoms with van der Waals surface area (Å²) in [6.45, 7) is 5.54. The van der Waals surface area contributed by atoms with Crippen LogP contribution in [0.5, 0.6) is 0 Å². The van der Waals surface area contributed by atoms with Crippen LogP contribution in [-0.4, -0.2) is 35.9 Å². The molecule has 1 aromatic heterocycles. The number of hydrogen-bond acceptors (Lipinski definition) is 3. The molecule has 2 aromatic rings. The van der Waals surface area contributed by atoms with Crippen LogP contribution in [0.3, 0.4) is 0 Å². The second-order valence-electron chi connectivity index (χ2n) is 5.97. The Labute approximate surface area is 138 Å². The van der Waals surface area contributed by atoms with Crippen LogP contribution in [0.2, 0.25) is 0 Å². The van der Waals surface area contributed by atoms with Gasteiger partial charge in [-0.25, -0.2) is 0 Å². The van der Waals surface area contributed by atoms with E-state index in [1.165, 1.54) is 16.7 Å². The number of anilines is 1. The average Bonchev–Trinajstić information content (AvgIpc) is 2.52. The van der Waals surface area contributed by atoms with E-state index in [4.69, 9.17) is 0 Å². The van der Waals surface area contributed by atoms with Crippen molar-refractivity contribution in [1.82, 2.24) is 9.88 Å². The SMILES string of the molecule is Cc1cc(C)cc(NCCC(=O)N(C)CCc2ccncc2)c1. The molecule has 0 radical (unpaired) electrons. The second-order valence-corrected chi connectivity index (χ2v) is 5.97. The first-order valence-corrected chi connectivity index (χ1v) is 7.99. The van der Waals surface area contributed by atoms with E-state index in [1.54, 1.807) is 17.3 Å². The molecule has 0 saturated carbocycles. The predicted octanol–water partition coefficient (Wildman–Crippen LogP) is 3.20. The van der Waals surface area contributed by atoms with E-state index in [0.29, 0.717) is 13.0 Å². The van der Waals surface area contributed by atoms with Crippen LogP contribution >= 0.6 is 0 Å². The maximum absolute atomic E-state index is 12.2. The number of rotatable bonds is 7. The third kappa shape index (κ3) is 5.74. The molecule has 0 aliphatic carbocycles. The minimum Gasteiger partial charge on any atom is -0.385 e. The van der Waals surface area contributed by atoms with Crippen molar-refractivity contribution in [3.05, 3.63) is 59.4 Å². The van der Waals surface area contributed by atoms with Crippen molar-refractivity contribution >= 4 is 11.6 Å². The number of aryl methyl sites for hydroxylation is 2. The first-order chi connectivity index (χ1) is 11.0. The van der Waals surface area contributed by atoms with Crippen molar-refractivity contribution in [1.29, 1.82) is 0 Å². The Bertz CT molecular complexity index is 620. The number of benzene rings is 1. The Hall–Kier alpha value is -2.36. The van der Waals surface area contributed by atoms with E-state index >= 15 is 0 Å². The summed E-state index contributed by atoms with van der Waals surface area (Å²) in [5.74, 6) is 0.163. The molecular weight excluding hydrogens is 286 g/mol. The Morgan fingerprint density at radius 2 is 1.78 bits per heavy atom. The topological polar surface area (TPSA) is 45.2 Å². The third-order valence-electron chi connectivity index (χ3n) is 3.80. The van der Waals surface area contributed by atoms with E-state index in [-0.39, 0.29) is 5.91 Å². The molecule has 0 atom stereocenters. The fourth-order valence-electron chi connectivity index (χ4n) is 2.55. The zero-order chi connectivity index (χ0) is 16.7. The fraction of sp³-hybridized carbons (Fsp3) is 0.368. The zero-order valence-corrected chi connectivity index (χ0v) is 14.2. The van der Waals surface area contributed by atoms with Gasteiger partial charge in [0.2, 0.25) is 5.91 Å². The summed E-state index contributed by atoms with van der Waals surface area (Å²) < 4.78 is 0. The van der Waals surface area contributed by atoms with E-state index in [2.05, 4.69) is 42.3 Å². The number of carbonyl (C=O) groups excluding carboxylic acids is 1. The van der Waals surface area contributed by atoms with E-state index < -0.39 is 0 Å². The molecule has 0 aliphatic rings. The molecule has 4 nitrogen and oxygen atoms in total. The van der Waals surface area contributed by atoms with E-state index in [9.17, 15) is 4.79 Å². The monoisotopic (exact) mass is 311 g/mol. The molecule has 122 valence electrons. The summed E-state index contributed by atoms with van der Waals surface area (Å²) in [5.41, 5.74) is 4.74. The van der Waals surface area contributed by atoms with Gasteiger partial charge >= 0.3 is 0 Å². The quantitative estimate of drug-likeness (QED) is 0.854. The first kappa shape index (κ1) is 17.0. The summed E-state index contributed by atoms with van der Waals surface area (Å²) in [6.07, 6.45) is 4.92. The number of likely N-dealkylation sites (N-methyl/N-ethyl adjacent to an activating group) is 1. The normalized spacial score (nSPS) is 10.4. The summed E-state index contributed by atoms with van der Waals surface area (Å²) in [4.78, 5) is 18.0. The Balaban J connectivity index is 1.73. The highest BCUT2D eigenvalue weighted by Gasteiger charge is 2.08. The molecule has 2 rings (SSSR count). The van der Waals surface area contributed by atoms with Crippen LogP contribution in [0.1, 0.15) is 23.1 Å². The summed E-state index contributed by atoms with van der Waals surface area (Å²) in [7, 11) is 1.86. The number of amides is 1. The van der Waals surface area contributed by atoms with Gasteiger partial charge in [0.05, 0.1) is 0 Å². The second kappa shape index (κ2) is 8.32. The molecule has 0 saturated heterocycles. The Morgan fingerprint density at radius 3 is 2.43 bits per heavy atom. The van der Waals surface area contributed by atoms with Crippen molar-refractivity contribution in [3.63, 3.8) is 0 Å². The lowest BCUT2D eigenvalue weighted by Crippen LogP contribution is -2.30. The molecule has 0 bridgehead atoms. The molecule has 0 aliphatic heterocycles. The lowest BCUT2D eigenvalue weighted by Gasteiger charge is -2.17. The summed E-state index contributed by atoms with van der Waals surface area (Å²) >= 11 is 0. The zero-order valence-electron chi connectivity index (χ0n) is 14.2. The van der Waals surface area contributed by atoms with Gasteiger partial charge in [-0.1, -0.05) is 6.07 Å². The minimum absolute atomic E-state index is 0.163. The lowest BCUT2D eigenvalue weighted by molar-refractivity contribution is -0.129. The van der Waals surface area contributed by atoms with Crippen LogP contribution in [-0.2, 0) is 11.2 Å². The minimum atomic E-state index is 0.163. The number of pyridine rings is 1. The molecule has 4 heteroatoms.